The quantitative estimate of drug-likeness (QED) is 0.664. The van der Waals surface area contributed by atoms with Crippen molar-refractivity contribution in [3.63, 3.8) is 0 Å². The summed E-state index contributed by atoms with van der Waals surface area (Å²) >= 11 is 0. The summed E-state index contributed by atoms with van der Waals surface area (Å²) in [5, 5.41) is 10.5. The summed E-state index contributed by atoms with van der Waals surface area (Å²) in [6, 6.07) is 13.0. The number of aromatic nitrogens is 3. The van der Waals surface area contributed by atoms with E-state index in [2.05, 4.69) is 20.7 Å². The van der Waals surface area contributed by atoms with Gasteiger partial charge in [0.1, 0.15) is 12.0 Å². The minimum absolute atomic E-state index is 0.108. The molecule has 2 atom stereocenters. The first-order valence-corrected chi connectivity index (χ1v) is 10.2. The predicted octanol–water partition coefficient (Wildman–Crippen LogP) is 3.05. The van der Waals surface area contributed by atoms with Crippen molar-refractivity contribution < 1.29 is 9.59 Å². The Morgan fingerprint density at radius 1 is 1.23 bits per heavy atom. The lowest BCUT2D eigenvalue weighted by atomic mass is 10.0. The van der Waals surface area contributed by atoms with Crippen LogP contribution in [0.3, 0.4) is 0 Å². The van der Waals surface area contributed by atoms with Gasteiger partial charge in [0.2, 0.25) is 5.91 Å². The summed E-state index contributed by atoms with van der Waals surface area (Å²) in [6.07, 6.45) is 1.22. The molecule has 0 radical (unpaired) electrons. The zero-order valence-electron chi connectivity index (χ0n) is 18.1. The van der Waals surface area contributed by atoms with Crippen LogP contribution in [0.15, 0.2) is 48.7 Å². The third-order valence-electron chi connectivity index (χ3n) is 5.53. The molecule has 1 aliphatic rings. The molecule has 0 saturated heterocycles. The van der Waals surface area contributed by atoms with Crippen LogP contribution in [0.25, 0.3) is 0 Å². The predicted molar refractivity (Wildman–Crippen MR) is 119 cm³/mol. The number of aryl methyl sites for hydroxylation is 2. The maximum absolute atomic E-state index is 12.9. The summed E-state index contributed by atoms with van der Waals surface area (Å²) in [4.78, 5) is 31.8. The number of rotatable bonds is 5. The third-order valence-corrected chi connectivity index (χ3v) is 5.53. The Hall–Kier alpha value is -3.68. The molecule has 2 amide bonds. The second-order valence-electron chi connectivity index (χ2n) is 7.95. The van der Waals surface area contributed by atoms with E-state index in [0.29, 0.717) is 23.6 Å². The van der Waals surface area contributed by atoms with Crippen LogP contribution < -0.4 is 15.5 Å². The Labute approximate surface area is 181 Å². The Kier molecular flexibility index (Phi) is 5.46. The molecule has 0 saturated carbocycles. The number of pyridine rings is 1. The van der Waals surface area contributed by atoms with Crippen molar-refractivity contribution in [2.24, 2.45) is 5.92 Å². The van der Waals surface area contributed by atoms with E-state index >= 15 is 0 Å². The van der Waals surface area contributed by atoms with Crippen molar-refractivity contribution in [3.05, 3.63) is 71.2 Å². The second-order valence-corrected chi connectivity index (χ2v) is 7.95. The van der Waals surface area contributed by atoms with Crippen molar-refractivity contribution >= 4 is 23.3 Å². The zero-order chi connectivity index (χ0) is 22.1. The molecule has 0 unspecified atom stereocenters. The number of para-hydroxylation sites is 1. The molecule has 31 heavy (non-hydrogen) atoms. The van der Waals surface area contributed by atoms with E-state index in [4.69, 9.17) is 0 Å². The van der Waals surface area contributed by atoms with Gasteiger partial charge in [-0.15, -0.1) is 0 Å². The lowest BCUT2D eigenvalue weighted by Crippen LogP contribution is -2.45. The summed E-state index contributed by atoms with van der Waals surface area (Å²) in [5.41, 5.74) is 3.93. The van der Waals surface area contributed by atoms with E-state index in [9.17, 15) is 9.59 Å². The molecule has 2 aromatic heterocycles. The van der Waals surface area contributed by atoms with Crippen LogP contribution in [0.5, 0.6) is 0 Å². The van der Waals surface area contributed by atoms with E-state index in [-0.39, 0.29) is 17.7 Å². The zero-order valence-corrected chi connectivity index (χ0v) is 18.1. The van der Waals surface area contributed by atoms with Gasteiger partial charge in [0, 0.05) is 30.2 Å². The maximum Gasteiger partial charge on any atom is 0.256 e. The van der Waals surface area contributed by atoms with Gasteiger partial charge < -0.3 is 15.5 Å². The van der Waals surface area contributed by atoms with E-state index in [1.54, 1.807) is 18.3 Å². The number of benzene rings is 1. The number of amides is 2. The SMILES string of the molecule is Cc1cc(C)n(C[C@@H](C)C(=O)Nc2ccccc2[C@@H]2NC(=O)c3cccnc3N2C)n1. The molecule has 1 aromatic carbocycles. The van der Waals surface area contributed by atoms with E-state index < -0.39 is 6.17 Å². The van der Waals surface area contributed by atoms with Gasteiger partial charge >= 0.3 is 0 Å². The number of hydrogen-bond donors (Lipinski definition) is 2. The van der Waals surface area contributed by atoms with E-state index in [0.717, 1.165) is 17.0 Å². The van der Waals surface area contributed by atoms with Gasteiger partial charge in [-0.2, -0.15) is 5.10 Å². The van der Waals surface area contributed by atoms with Gasteiger partial charge in [0.05, 0.1) is 23.7 Å². The maximum atomic E-state index is 12.9. The summed E-state index contributed by atoms with van der Waals surface area (Å²) in [5.74, 6) is 0.0240. The number of fused-ring (bicyclic) bond motifs is 1. The molecule has 0 fully saturated rings. The fourth-order valence-electron chi connectivity index (χ4n) is 3.87. The van der Waals surface area contributed by atoms with Crippen LogP contribution in [0.1, 0.15) is 40.4 Å². The standard InChI is InChI=1S/C23H26N6O2/c1-14(13-29-16(3)12-15(2)27-29)22(30)25-19-10-6-5-8-17(19)21-26-23(31)18-9-7-11-24-20(18)28(21)4/h5-12,14,21H,13H2,1-4H3,(H,25,30)(H,26,31)/t14-,21-/m1/s1. The minimum Gasteiger partial charge on any atom is -0.335 e. The highest BCUT2D eigenvalue weighted by atomic mass is 16.2. The first-order chi connectivity index (χ1) is 14.8. The molecule has 0 bridgehead atoms. The highest BCUT2D eigenvalue weighted by molar-refractivity contribution is 6.01. The van der Waals surface area contributed by atoms with Gasteiger partial charge in [-0.3, -0.25) is 14.3 Å². The van der Waals surface area contributed by atoms with Gasteiger partial charge in [-0.05, 0) is 38.1 Å². The largest absolute Gasteiger partial charge is 0.335 e. The Morgan fingerprint density at radius 2 is 2.00 bits per heavy atom. The summed E-state index contributed by atoms with van der Waals surface area (Å²) in [6.45, 7) is 6.29. The monoisotopic (exact) mass is 418 g/mol. The average molecular weight is 419 g/mol. The number of carbonyl (C=O) groups is 2. The highest BCUT2D eigenvalue weighted by Crippen LogP contribution is 2.33. The molecule has 1 aliphatic heterocycles. The molecule has 160 valence electrons. The molecule has 8 heteroatoms. The van der Waals surface area contributed by atoms with E-state index in [1.807, 2.05) is 67.7 Å². The molecule has 3 aromatic rings. The van der Waals surface area contributed by atoms with Crippen LogP contribution >= 0.6 is 0 Å². The lowest BCUT2D eigenvalue weighted by Gasteiger charge is -2.36. The molecule has 4 rings (SSSR count). The molecule has 3 heterocycles. The normalized spacial score (nSPS) is 16.5. The molecule has 0 aliphatic carbocycles. The molecule has 0 spiro atoms. The van der Waals surface area contributed by atoms with Crippen LogP contribution in [-0.2, 0) is 11.3 Å². The van der Waals surface area contributed by atoms with Gasteiger partial charge in [-0.1, -0.05) is 25.1 Å². The summed E-state index contributed by atoms with van der Waals surface area (Å²) in [7, 11) is 1.87. The second kappa shape index (κ2) is 8.22. The fourth-order valence-corrected chi connectivity index (χ4v) is 3.87. The number of nitrogens with zero attached hydrogens (tertiary/aromatic N) is 4. The van der Waals surface area contributed by atoms with Crippen molar-refractivity contribution in [1.82, 2.24) is 20.1 Å². The number of hydrogen-bond acceptors (Lipinski definition) is 5. The van der Waals surface area contributed by atoms with Crippen LogP contribution in [0.4, 0.5) is 11.5 Å². The lowest BCUT2D eigenvalue weighted by molar-refractivity contribution is -0.119. The van der Waals surface area contributed by atoms with Crippen molar-refractivity contribution in [3.8, 4) is 0 Å². The molecule has 8 nitrogen and oxygen atoms in total. The Balaban J connectivity index is 1.56. The molecule has 2 N–H and O–H groups in total. The van der Waals surface area contributed by atoms with Crippen LogP contribution in [-0.4, -0.2) is 33.6 Å². The fraction of sp³-hybridized carbons (Fsp3) is 0.304. The van der Waals surface area contributed by atoms with Gasteiger partial charge in [0.15, 0.2) is 0 Å². The van der Waals surface area contributed by atoms with Crippen LogP contribution in [0.2, 0.25) is 0 Å². The first kappa shape index (κ1) is 20.6. The van der Waals surface area contributed by atoms with Crippen molar-refractivity contribution in [2.75, 3.05) is 17.3 Å². The van der Waals surface area contributed by atoms with Crippen LogP contribution in [0, 0.1) is 19.8 Å². The highest BCUT2D eigenvalue weighted by Gasteiger charge is 2.32. The average Bonchev–Trinajstić information content (AvgIpc) is 3.07. The Morgan fingerprint density at radius 3 is 2.74 bits per heavy atom. The summed E-state index contributed by atoms with van der Waals surface area (Å²) < 4.78 is 1.85. The third kappa shape index (κ3) is 4.01. The van der Waals surface area contributed by atoms with E-state index in [1.165, 1.54) is 0 Å². The smallest absolute Gasteiger partial charge is 0.256 e. The number of carbonyl (C=O) groups excluding carboxylic acids is 2. The molecular weight excluding hydrogens is 392 g/mol. The Bertz CT molecular complexity index is 1140. The topological polar surface area (TPSA) is 92.2 Å². The first-order valence-electron chi connectivity index (χ1n) is 10.2. The van der Waals surface area contributed by atoms with Crippen molar-refractivity contribution in [2.45, 2.75) is 33.5 Å². The van der Waals surface area contributed by atoms with Gasteiger partial charge in [0.25, 0.3) is 5.91 Å². The number of nitrogens with one attached hydrogen (secondary N) is 2. The van der Waals surface area contributed by atoms with Gasteiger partial charge in [-0.25, -0.2) is 4.98 Å². The minimum atomic E-state index is -0.447. The van der Waals surface area contributed by atoms with Crippen molar-refractivity contribution in [1.29, 1.82) is 0 Å². The number of anilines is 2. The molecular formula is C23H26N6O2.